The smallest absolute Gasteiger partial charge is 0.138 e. The van der Waals surface area contributed by atoms with Crippen molar-refractivity contribution >= 4 is 17.4 Å². The lowest BCUT2D eigenvalue weighted by atomic mass is 9.41. The molecule has 0 heterocycles. The Morgan fingerprint density at radius 1 is 1.09 bits per heavy atom. The highest BCUT2D eigenvalue weighted by Crippen LogP contribution is 2.73. The molecule has 0 aromatic rings. The lowest BCUT2D eigenvalue weighted by Crippen LogP contribution is -2.57. The zero-order chi connectivity index (χ0) is 25.5. The van der Waals surface area contributed by atoms with Crippen LogP contribution in [0.25, 0.3) is 0 Å². The zero-order valence-electron chi connectivity index (χ0n) is 22.9. The minimum Gasteiger partial charge on any atom is -0.390 e. The molecule has 0 aromatic heterocycles. The average Bonchev–Trinajstić information content (AvgIpc) is 3.01. The summed E-state index contributed by atoms with van der Waals surface area (Å²) in [6, 6.07) is 0. The molecule has 0 aliphatic heterocycles. The van der Waals surface area contributed by atoms with Gasteiger partial charge in [-0.05, 0) is 98.7 Å². The van der Waals surface area contributed by atoms with Crippen LogP contribution in [0.3, 0.4) is 0 Å². The molecule has 0 radical (unpaired) electrons. The molecule has 194 valence electrons. The molecule has 3 nitrogen and oxygen atoms in total. The average molecular weight is 493 g/mol. The monoisotopic (exact) mass is 492 g/mol. The van der Waals surface area contributed by atoms with Gasteiger partial charge in [0.15, 0.2) is 0 Å². The number of rotatable bonds is 5. The van der Waals surface area contributed by atoms with Crippen LogP contribution in [0.1, 0.15) is 107 Å². The molecule has 0 spiro atoms. The second-order valence-corrected chi connectivity index (χ2v) is 15.3. The van der Waals surface area contributed by atoms with Crippen molar-refractivity contribution in [3.8, 4) is 0 Å². The number of hydrogen-bond donors (Lipinski definition) is 2. The molecule has 4 aliphatic rings. The molecular formula is C30H49ClO3. The maximum atomic E-state index is 12.8. The van der Waals surface area contributed by atoms with Gasteiger partial charge in [0.05, 0.1) is 17.1 Å². The van der Waals surface area contributed by atoms with E-state index in [2.05, 4.69) is 47.6 Å². The predicted molar refractivity (Wildman–Crippen MR) is 140 cm³/mol. The van der Waals surface area contributed by atoms with Crippen LogP contribution < -0.4 is 0 Å². The summed E-state index contributed by atoms with van der Waals surface area (Å²) in [7, 11) is 0. The standard InChI is InChI=1S/C30H49ClO3/c1-18(17-22(32)25(34)27(4,5)31)19-11-15-30(8)21-9-10-23-26(2,3)24(33)13-14-28(23,6)20(21)12-16-29(19,30)7/h9,18-20,22-23,25,32,34H,10-17H2,1-8H3. The fraction of sp³-hybridized carbons (Fsp3) is 0.900. The van der Waals surface area contributed by atoms with E-state index >= 15 is 0 Å². The van der Waals surface area contributed by atoms with Gasteiger partial charge in [0.25, 0.3) is 0 Å². The van der Waals surface area contributed by atoms with Crippen LogP contribution in [-0.4, -0.2) is 33.1 Å². The number of Topliss-reactive ketones (excluding diaryl/α,β-unsaturated/α-hetero) is 1. The molecule has 9 unspecified atom stereocenters. The molecule has 3 fully saturated rings. The van der Waals surface area contributed by atoms with Crippen molar-refractivity contribution in [1.29, 1.82) is 0 Å². The fourth-order valence-corrected chi connectivity index (χ4v) is 9.74. The first-order valence-corrected chi connectivity index (χ1v) is 14.2. The van der Waals surface area contributed by atoms with Gasteiger partial charge in [-0.3, -0.25) is 4.79 Å². The minimum absolute atomic E-state index is 0.170. The first-order chi connectivity index (χ1) is 15.5. The largest absolute Gasteiger partial charge is 0.390 e. The third-order valence-corrected chi connectivity index (χ3v) is 12.2. The summed E-state index contributed by atoms with van der Waals surface area (Å²) >= 11 is 6.32. The number of aliphatic hydroxyl groups is 2. The van der Waals surface area contributed by atoms with E-state index in [1.54, 1.807) is 19.4 Å². The Morgan fingerprint density at radius 3 is 2.35 bits per heavy atom. The number of carbonyl (C=O) groups is 1. The predicted octanol–water partition coefficient (Wildman–Crippen LogP) is 6.93. The second-order valence-electron chi connectivity index (χ2n) is 14.4. The SMILES string of the molecule is CC(CC(O)C(O)C(C)(C)Cl)C1CCC2(C)C3=CCC4C(C)(C)C(=O)CCC4(C)C3CCC12C. The highest BCUT2D eigenvalue weighted by atomic mass is 35.5. The van der Waals surface area contributed by atoms with Crippen molar-refractivity contribution in [2.45, 2.75) is 124 Å². The van der Waals surface area contributed by atoms with E-state index in [0.29, 0.717) is 35.9 Å². The number of alkyl halides is 1. The van der Waals surface area contributed by atoms with Crippen molar-refractivity contribution in [3.05, 3.63) is 11.6 Å². The Balaban J connectivity index is 1.60. The van der Waals surface area contributed by atoms with Crippen LogP contribution >= 0.6 is 11.6 Å². The molecule has 4 aliphatic carbocycles. The van der Waals surface area contributed by atoms with E-state index in [1.807, 2.05) is 0 Å². The quantitative estimate of drug-likeness (QED) is 0.323. The number of allylic oxidation sites excluding steroid dienone is 2. The highest BCUT2D eigenvalue weighted by molar-refractivity contribution is 6.23. The topological polar surface area (TPSA) is 57.5 Å². The third kappa shape index (κ3) is 3.69. The Hall–Kier alpha value is -0.380. The van der Waals surface area contributed by atoms with Crippen LogP contribution in [0.15, 0.2) is 11.6 Å². The van der Waals surface area contributed by atoms with Crippen LogP contribution in [0, 0.1) is 45.3 Å². The summed E-state index contributed by atoms with van der Waals surface area (Å²) in [6.45, 7) is 17.7. The molecule has 2 N–H and O–H groups in total. The highest BCUT2D eigenvalue weighted by Gasteiger charge is 2.65. The summed E-state index contributed by atoms with van der Waals surface area (Å²) in [6.07, 6.45) is 9.01. The summed E-state index contributed by atoms with van der Waals surface area (Å²) in [5.74, 6) is 2.32. The van der Waals surface area contributed by atoms with Crippen LogP contribution in [0.5, 0.6) is 0 Å². The van der Waals surface area contributed by atoms with E-state index in [9.17, 15) is 15.0 Å². The van der Waals surface area contributed by atoms with Crippen molar-refractivity contribution in [3.63, 3.8) is 0 Å². The lowest BCUT2D eigenvalue weighted by molar-refractivity contribution is -0.146. The molecule has 0 amide bonds. The van der Waals surface area contributed by atoms with E-state index in [0.717, 1.165) is 19.3 Å². The number of hydrogen-bond acceptors (Lipinski definition) is 3. The van der Waals surface area contributed by atoms with Crippen molar-refractivity contribution in [1.82, 2.24) is 0 Å². The first-order valence-electron chi connectivity index (χ1n) is 13.8. The van der Waals surface area contributed by atoms with Crippen molar-refractivity contribution < 1.29 is 15.0 Å². The molecule has 4 rings (SSSR count). The molecular weight excluding hydrogens is 444 g/mol. The first kappa shape index (κ1) is 26.7. The van der Waals surface area contributed by atoms with Gasteiger partial charge >= 0.3 is 0 Å². The maximum absolute atomic E-state index is 12.8. The molecule has 0 aromatic carbocycles. The number of ketones is 1. The zero-order valence-corrected chi connectivity index (χ0v) is 23.6. The minimum atomic E-state index is -0.928. The summed E-state index contributed by atoms with van der Waals surface area (Å²) in [5, 5.41) is 21.3. The normalized spacial score (nSPS) is 44.4. The number of halogens is 1. The van der Waals surface area contributed by atoms with Gasteiger partial charge in [-0.2, -0.15) is 0 Å². The van der Waals surface area contributed by atoms with E-state index in [1.165, 1.54) is 25.7 Å². The van der Waals surface area contributed by atoms with Gasteiger partial charge in [-0.1, -0.05) is 53.2 Å². The Morgan fingerprint density at radius 2 is 1.74 bits per heavy atom. The van der Waals surface area contributed by atoms with Crippen molar-refractivity contribution in [2.75, 3.05) is 0 Å². The van der Waals surface area contributed by atoms with E-state index in [-0.39, 0.29) is 21.7 Å². The molecule has 34 heavy (non-hydrogen) atoms. The summed E-state index contributed by atoms with van der Waals surface area (Å²) < 4.78 is 0. The number of aliphatic hydroxyl groups excluding tert-OH is 2. The van der Waals surface area contributed by atoms with Gasteiger partial charge in [0.1, 0.15) is 5.78 Å². The molecule has 4 heteroatoms. The molecule has 0 bridgehead atoms. The molecule has 9 atom stereocenters. The lowest BCUT2D eigenvalue weighted by Gasteiger charge is -2.63. The van der Waals surface area contributed by atoms with Gasteiger partial charge in [0, 0.05) is 11.8 Å². The van der Waals surface area contributed by atoms with E-state index < -0.39 is 17.1 Å². The third-order valence-electron chi connectivity index (χ3n) is 12.0. The van der Waals surface area contributed by atoms with Gasteiger partial charge < -0.3 is 10.2 Å². The van der Waals surface area contributed by atoms with Gasteiger partial charge in [-0.25, -0.2) is 0 Å². The van der Waals surface area contributed by atoms with Gasteiger partial charge in [0.2, 0.25) is 0 Å². The van der Waals surface area contributed by atoms with Crippen LogP contribution in [0.4, 0.5) is 0 Å². The summed E-state index contributed by atoms with van der Waals surface area (Å²) in [5.41, 5.74) is 2.03. The second kappa shape index (κ2) is 8.32. The Bertz CT molecular complexity index is 856. The van der Waals surface area contributed by atoms with Crippen molar-refractivity contribution in [2.24, 2.45) is 45.3 Å². The van der Waals surface area contributed by atoms with Crippen LogP contribution in [0.2, 0.25) is 0 Å². The number of carbonyl (C=O) groups excluding carboxylic acids is 1. The molecule has 0 saturated heterocycles. The summed E-state index contributed by atoms with van der Waals surface area (Å²) in [4.78, 5) is 12.0. The maximum Gasteiger partial charge on any atom is 0.138 e. The Kier molecular flexibility index (Phi) is 6.53. The van der Waals surface area contributed by atoms with Crippen LogP contribution in [-0.2, 0) is 4.79 Å². The number of fused-ring (bicyclic) bond motifs is 5. The fourth-order valence-electron chi connectivity index (χ4n) is 9.60. The molecule has 3 saturated carbocycles. The Labute approximate surface area is 213 Å². The van der Waals surface area contributed by atoms with E-state index in [4.69, 9.17) is 11.6 Å². The van der Waals surface area contributed by atoms with Gasteiger partial charge in [-0.15, -0.1) is 11.6 Å².